The van der Waals surface area contributed by atoms with E-state index in [9.17, 15) is 22.6 Å². The number of aryl methyl sites for hydroxylation is 1. The number of nitrogens with one attached hydrogen (secondary N) is 2. The van der Waals surface area contributed by atoms with Crippen LogP contribution in [0.2, 0.25) is 5.02 Å². The Morgan fingerprint density at radius 1 is 1.15 bits per heavy atom. The van der Waals surface area contributed by atoms with Gasteiger partial charge in [-0.1, -0.05) is 36.7 Å². The Kier molecular flexibility index (Phi) is 10.6. The molecule has 260 valence electrons. The number of thiol groups is 1. The molecule has 2 bridgehead atoms. The summed E-state index contributed by atoms with van der Waals surface area (Å²) < 4.78 is 57.0. The van der Waals surface area contributed by atoms with Crippen molar-refractivity contribution in [3.8, 4) is 5.75 Å². The second-order valence-electron chi connectivity index (χ2n) is 13.4. The van der Waals surface area contributed by atoms with E-state index in [4.69, 9.17) is 21.1 Å². The van der Waals surface area contributed by atoms with Crippen molar-refractivity contribution in [1.29, 1.82) is 0 Å². The van der Waals surface area contributed by atoms with Crippen LogP contribution in [-0.4, -0.2) is 59.9 Å². The number of allylic oxidation sites excluding steroid dienone is 1. The largest absolute Gasteiger partial charge is 0.491 e. The van der Waals surface area contributed by atoms with E-state index >= 15 is 0 Å². The van der Waals surface area contributed by atoms with E-state index in [0.29, 0.717) is 42.8 Å². The Bertz CT molecular complexity index is 1650. The second-order valence-corrected chi connectivity index (χ2v) is 15.2. The van der Waals surface area contributed by atoms with Crippen LogP contribution in [0.4, 0.5) is 19.3 Å². The molecule has 48 heavy (non-hydrogen) atoms. The average molecular weight is 705 g/mol. The SMILES string of the molecule is CO[C@H]1/C=C/C[C@H](C)C(NC(=O)N[C@H]2CC2(F)F)/[SH](=O)=N\C(=O)c2ccc3c(c2)N(Cc2ccc(Cl)cc2CCCCO3)C[C@@H]2CC[C@H]21. The number of nitrogens with zero attached hydrogens (tertiary/aromatic N) is 2. The number of hydrogen-bond acceptors (Lipinski definition) is 6. The van der Waals surface area contributed by atoms with Crippen LogP contribution < -0.4 is 20.3 Å². The van der Waals surface area contributed by atoms with Gasteiger partial charge in [-0.05, 0) is 97.7 Å². The number of halogens is 3. The molecule has 2 aliphatic carbocycles. The zero-order valence-corrected chi connectivity index (χ0v) is 28.8. The summed E-state index contributed by atoms with van der Waals surface area (Å²) in [5.74, 6) is -2.89. The highest BCUT2D eigenvalue weighted by atomic mass is 35.5. The Balaban J connectivity index is 1.39. The molecule has 2 aliphatic heterocycles. The molecular formula is C35H43ClF2N4O5S. The van der Waals surface area contributed by atoms with Gasteiger partial charge in [0.25, 0.3) is 11.8 Å². The molecule has 2 saturated carbocycles. The Labute approximate surface area is 287 Å². The monoisotopic (exact) mass is 704 g/mol. The summed E-state index contributed by atoms with van der Waals surface area (Å²) in [5.41, 5.74) is 3.30. The Morgan fingerprint density at radius 3 is 2.69 bits per heavy atom. The van der Waals surface area contributed by atoms with Gasteiger partial charge in [0.15, 0.2) is 0 Å². The van der Waals surface area contributed by atoms with E-state index in [1.54, 1.807) is 32.2 Å². The third kappa shape index (κ3) is 7.97. The molecule has 4 aliphatic rings. The first-order valence-electron chi connectivity index (χ1n) is 16.7. The Morgan fingerprint density at radius 2 is 1.96 bits per heavy atom. The van der Waals surface area contributed by atoms with Crippen molar-refractivity contribution in [3.63, 3.8) is 0 Å². The number of carbonyl (C=O) groups is 2. The number of alkyl halides is 2. The number of fused-ring (bicyclic) bond motifs is 3. The van der Waals surface area contributed by atoms with E-state index in [1.807, 2.05) is 24.3 Å². The van der Waals surface area contributed by atoms with E-state index in [-0.39, 0.29) is 17.6 Å². The molecule has 0 saturated heterocycles. The summed E-state index contributed by atoms with van der Waals surface area (Å²) >= 11 is 6.42. The summed E-state index contributed by atoms with van der Waals surface area (Å²) in [6.07, 6.45) is 8.40. The van der Waals surface area contributed by atoms with Gasteiger partial charge in [0, 0.05) is 37.2 Å². The summed E-state index contributed by atoms with van der Waals surface area (Å²) in [7, 11) is -0.982. The number of amides is 3. The summed E-state index contributed by atoms with van der Waals surface area (Å²) in [6, 6.07) is 8.99. The van der Waals surface area contributed by atoms with E-state index in [0.717, 1.165) is 43.4 Å². The number of rotatable bonds is 3. The van der Waals surface area contributed by atoms with E-state index in [1.165, 1.54) is 5.56 Å². The molecule has 0 spiro atoms. The molecule has 9 nitrogen and oxygen atoms in total. The number of urea groups is 1. The minimum atomic E-state index is -2.96. The maximum atomic E-state index is 13.7. The van der Waals surface area contributed by atoms with Crippen LogP contribution >= 0.6 is 11.6 Å². The summed E-state index contributed by atoms with van der Waals surface area (Å²) in [4.78, 5) is 28.6. The highest BCUT2D eigenvalue weighted by Crippen LogP contribution is 2.43. The molecule has 3 amide bonds. The predicted octanol–water partition coefficient (Wildman–Crippen LogP) is 6.54. The third-order valence-corrected chi connectivity index (χ3v) is 11.7. The lowest BCUT2D eigenvalue weighted by atomic mass is 9.70. The van der Waals surface area contributed by atoms with Crippen LogP contribution in [0, 0.1) is 17.8 Å². The van der Waals surface area contributed by atoms with Crippen LogP contribution in [0.25, 0.3) is 0 Å². The maximum Gasteiger partial charge on any atom is 0.316 e. The zero-order chi connectivity index (χ0) is 34.0. The van der Waals surface area contributed by atoms with Crippen molar-refractivity contribution in [3.05, 3.63) is 70.3 Å². The van der Waals surface area contributed by atoms with E-state index in [2.05, 4.69) is 26.0 Å². The first-order valence-corrected chi connectivity index (χ1v) is 18.3. The Hall–Kier alpha value is -3.22. The third-order valence-electron chi connectivity index (χ3n) is 10.0. The van der Waals surface area contributed by atoms with Crippen LogP contribution in [0.5, 0.6) is 5.75 Å². The fourth-order valence-corrected chi connectivity index (χ4v) is 8.27. The molecule has 2 heterocycles. The van der Waals surface area contributed by atoms with Gasteiger partial charge in [-0.15, -0.1) is 0 Å². The summed E-state index contributed by atoms with van der Waals surface area (Å²) in [5, 5.41) is 4.43. The lowest BCUT2D eigenvalue weighted by molar-refractivity contribution is 0.0133. The standard InChI is InChI=1S/C35H43ClF2N4O5S/c1-21-6-5-8-29(46-2)27-13-10-25(27)20-42-19-24-9-12-26(36)16-22(24)7-3-4-15-47-30-14-11-23(17-28(30)42)32(43)41-48(45)33(21)40-34(44)39-31-18-35(31,37)38/h5,8-9,11-12,14,16-17,21,25,27,29,31,33,48H,3-4,6-7,10,13,15,18-20H2,1-2H3,(H2,39,40,44)/b8-5+/t21-,25-,27+,29-,31-,33?/m0/s1. The molecule has 2 fully saturated rings. The molecular weight excluding hydrogens is 662 g/mol. The van der Waals surface area contributed by atoms with Crippen molar-refractivity contribution < 1.29 is 32.1 Å². The van der Waals surface area contributed by atoms with Gasteiger partial charge in [-0.2, -0.15) is 4.36 Å². The van der Waals surface area contributed by atoms with Crippen molar-refractivity contribution in [2.45, 2.75) is 81.9 Å². The van der Waals surface area contributed by atoms with Gasteiger partial charge < -0.3 is 25.0 Å². The van der Waals surface area contributed by atoms with Crippen LogP contribution in [0.3, 0.4) is 0 Å². The van der Waals surface area contributed by atoms with Gasteiger partial charge >= 0.3 is 6.03 Å². The van der Waals surface area contributed by atoms with Crippen molar-refractivity contribution in [1.82, 2.24) is 10.6 Å². The average Bonchev–Trinajstić information content (AvgIpc) is 3.65. The maximum absolute atomic E-state index is 13.7. The molecule has 7 atom stereocenters. The summed E-state index contributed by atoms with van der Waals surface area (Å²) in [6.45, 7) is 3.56. The minimum Gasteiger partial charge on any atom is -0.491 e. The smallest absolute Gasteiger partial charge is 0.316 e. The molecule has 0 radical (unpaired) electrons. The van der Waals surface area contributed by atoms with Gasteiger partial charge in [-0.25, -0.2) is 13.6 Å². The predicted molar refractivity (Wildman–Crippen MR) is 182 cm³/mol. The van der Waals surface area contributed by atoms with Crippen molar-refractivity contribution in [2.24, 2.45) is 22.1 Å². The van der Waals surface area contributed by atoms with Gasteiger partial charge in [-0.3, -0.25) is 9.00 Å². The van der Waals surface area contributed by atoms with E-state index < -0.39 is 52.2 Å². The highest BCUT2D eigenvalue weighted by Gasteiger charge is 2.58. The van der Waals surface area contributed by atoms with Gasteiger partial charge in [0.05, 0.1) is 29.0 Å². The lowest BCUT2D eigenvalue weighted by Gasteiger charge is -2.43. The molecule has 2 aromatic rings. The van der Waals surface area contributed by atoms with Gasteiger partial charge in [0.1, 0.15) is 17.2 Å². The highest BCUT2D eigenvalue weighted by molar-refractivity contribution is 7.76. The first-order chi connectivity index (χ1) is 23.0. The second kappa shape index (κ2) is 14.7. The molecule has 6 rings (SSSR count). The number of hydrogen-bond donors (Lipinski definition) is 3. The van der Waals surface area contributed by atoms with Crippen LogP contribution in [-0.2, 0) is 28.3 Å². The van der Waals surface area contributed by atoms with Crippen LogP contribution in [0.15, 0.2) is 52.9 Å². The minimum absolute atomic E-state index is 0.159. The van der Waals surface area contributed by atoms with Crippen LogP contribution in [0.1, 0.15) is 66.9 Å². The zero-order valence-electron chi connectivity index (χ0n) is 27.2. The molecule has 2 N–H and O–H groups in total. The fraction of sp³-hybridized carbons (Fsp3) is 0.543. The normalized spacial score (nSPS) is 31.2. The number of methoxy groups -OCH3 is 1. The number of ether oxygens (including phenoxy) is 2. The number of benzene rings is 2. The van der Waals surface area contributed by atoms with Gasteiger partial charge in [0.2, 0.25) is 0 Å². The molecule has 2 aromatic carbocycles. The molecule has 2 unspecified atom stereocenters. The number of anilines is 1. The molecule has 0 aromatic heterocycles. The fourth-order valence-electron chi connectivity index (χ4n) is 6.87. The topological polar surface area (TPSA) is 109 Å². The molecule has 13 heteroatoms. The quantitative estimate of drug-likeness (QED) is 0.248. The van der Waals surface area contributed by atoms with Crippen molar-refractivity contribution >= 4 is 39.8 Å². The van der Waals surface area contributed by atoms with Crippen molar-refractivity contribution in [2.75, 3.05) is 25.2 Å². The number of carbonyl (C=O) groups excluding carboxylic acids is 2. The lowest BCUT2D eigenvalue weighted by Crippen LogP contribution is -2.47. The first kappa shape index (κ1) is 34.6.